The van der Waals surface area contributed by atoms with Crippen molar-refractivity contribution >= 4 is 11.7 Å². The summed E-state index contributed by atoms with van der Waals surface area (Å²) >= 11 is 0. The first kappa shape index (κ1) is 11.7. The minimum absolute atomic E-state index is 0.0651. The molecule has 0 aliphatic carbocycles. The maximum absolute atomic E-state index is 10.7. The molecule has 0 unspecified atom stereocenters. The molecule has 16 heavy (non-hydrogen) atoms. The van der Waals surface area contributed by atoms with Crippen molar-refractivity contribution in [1.29, 1.82) is 0 Å². The molecule has 1 rings (SSSR count). The molecule has 1 N–H and O–H groups in total. The van der Waals surface area contributed by atoms with Gasteiger partial charge in [-0.05, 0) is 6.07 Å². The lowest BCUT2D eigenvalue weighted by Crippen LogP contribution is -2.02. The quantitative estimate of drug-likeness (QED) is 0.467. The fourth-order valence-corrected chi connectivity index (χ4v) is 1.06. The van der Waals surface area contributed by atoms with Gasteiger partial charge in [-0.1, -0.05) is 12.7 Å². The summed E-state index contributed by atoms with van der Waals surface area (Å²) < 4.78 is 5.02. The van der Waals surface area contributed by atoms with Gasteiger partial charge in [0.2, 0.25) is 0 Å². The molecule has 0 aliphatic heterocycles. The van der Waals surface area contributed by atoms with Gasteiger partial charge in [0.25, 0.3) is 0 Å². The van der Waals surface area contributed by atoms with Gasteiger partial charge >= 0.3 is 11.7 Å². The van der Waals surface area contributed by atoms with Crippen LogP contribution in [0, 0.1) is 10.1 Å². The lowest BCUT2D eigenvalue weighted by molar-refractivity contribution is -0.385. The molecule has 0 radical (unpaired) electrons. The number of nitro groups is 1. The normalized spacial score (nSPS) is 9.50. The second-order valence-electron chi connectivity index (χ2n) is 2.84. The number of aromatic carboxylic acids is 1. The third-order valence-electron chi connectivity index (χ3n) is 1.76. The van der Waals surface area contributed by atoms with Crippen molar-refractivity contribution in [3.63, 3.8) is 0 Å². The number of rotatable bonds is 5. The predicted octanol–water partition coefficient (Wildman–Crippen LogP) is 1.86. The van der Waals surface area contributed by atoms with E-state index in [2.05, 4.69) is 6.58 Å². The van der Waals surface area contributed by atoms with Crippen molar-refractivity contribution < 1.29 is 19.6 Å². The lowest BCUT2D eigenvalue weighted by Gasteiger charge is -2.04. The van der Waals surface area contributed by atoms with Gasteiger partial charge in [-0.3, -0.25) is 10.1 Å². The Labute approximate surface area is 90.9 Å². The second-order valence-corrected chi connectivity index (χ2v) is 2.84. The molecular weight excluding hydrogens is 214 g/mol. The Bertz CT molecular complexity index is 441. The molecule has 0 spiro atoms. The summed E-state index contributed by atoms with van der Waals surface area (Å²) in [7, 11) is 0. The highest BCUT2D eigenvalue weighted by atomic mass is 16.6. The maximum Gasteiger partial charge on any atom is 0.335 e. The minimum atomic E-state index is -1.17. The van der Waals surface area contributed by atoms with Gasteiger partial charge in [-0.2, -0.15) is 0 Å². The number of nitrogens with zero attached hydrogens (tertiary/aromatic N) is 1. The Balaban J connectivity index is 3.15. The van der Waals surface area contributed by atoms with E-state index in [-0.39, 0.29) is 23.6 Å². The molecule has 0 amide bonds. The maximum atomic E-state index is 10.7. The van der Waals surface area contributed by atoms with Crippen LogP contribution in [0.1, 0.15) is 10.4 Å². The van der Waals surface area contributed by atoms with Crippen LogP contribution in [0.4, 0.5) is 5.69 Å². The summed E-state index contributed by atoms with van der Waals surface area (Å²) in [5.74, 6) is -1.25. The standard InChI is InChI=1S/C10H9NO5/c1-2-5-16-9-6-7(10(12)13)3-4-8(9)11(14)15/h2-4,6H,1,5H2,(H,12,13). The number of carbonyl (C=O) groups is 1. The van der Waals surface area contributed by atoms with Gasteiger partial charge in [0.1, 0.15) is 6.61 Å². The van der Waals surface area contributed by atoms with E-state index >= 15 is 0 Å². The lowest BCUT2D eigenvalue weighted by atomic mass is 10.2. The van der Waals surface area contributed by atoms with Crippen LogP contribution in [0.3, 0.4) is 0 Å². The van der Waals surface area contributed by atoms with Gasteiger partial charge in [0.15, 0.2) is 5.75 Å². The number of hydrogen-bond donors (Lipinski definition) is 1. The fourth-order valence-electron chi connectivity index (χ4n) is 1.06. The molecule has 0 heterocycles. The average molecular weight is 223 g/mol. The fraction of sp³-hybridized carbons (Fsp3) is 0.100. The van der Waals surface area contributed by atoms with Crippen molar-refractivity contribution in [2.75, 3.05) is 6.61 Å². The van der Waals surface area contributed by atoms with E-state index in [1.807, 2.05) is 0 Å². The van der Waals surface area contributed by atoms with E-state index in [4.69, 9.17) is 9.84 Å². The molecule has 0 saturated carbocycles. The van der Waals surface area contributed by atoms with E-state index < -0.39 is 10.9 Å². The predicted molar refractivity (Wildman–Crippen MR) is 55.7 cm³/mol. The van der Waals surface area contributed by atoms with E-state index in [1.54, 1.807) is 0 Å². The number of hydrogen-bond acceptors (Lipinski definition) is 4. The van der Waals surface area contributed by atoms with Gasteiger partial charge in [-0.15, -0.1) is 0 Å². The largest absolute Gasteiger partial charge is 0.483 e. The molecule has 84 valence electrons. The summed E-state index contributed by atoms with van der Waals surface area (Å²) in [6.07, 6.45) is 1.41. The van der Waals surface area contributed by atoms with Crippen LogP contribution in [-0.4, -0.2) is 22.6 Å². The van der Waals surface area contributed by atoms with Crippen LogP contribution in [0.25, 0.3) is 0 Å². The highest BCUT2D eigenvalue weighted by molar-refractivity contribution is 5.88. The van der Waals surface area contributed by atoms with Crippen molar-refractivity contribution in [1.82, 2.24) is 0 Å². The van der Waals surface area contributed by atoms with E-state index in [0.29, 0.717) is 0 Å². The first-order valence-electron chi connectivity index (χ1n) is 4.31. The second kappa shape index (κ2) is 4.92. The Hall–Kier alpha value is -2.37. The number of ether oxygens (including phenoxy) is 1. The molecule has 1 aromatic carbocycles. The SMILES string of the molecule is C=CCOc1cc(C(=O)O)ccc1[N+](=O)[O-]. The van der Waals surface area contributed by atoms with Gasteiger partial charge in [0.05, 0.1) is 10.5 Å². The van der Waals surface area contributed by atoms with E-state index in [0.717, 1.165) is 18.2 Å². The van der Waals surface area contributed by atoms with Crippen molar-refractivity contribution in [2.45, 2.75) is 0 Å². The molecule has 0 saturated heterocycles. The van der Waals surface area contributed by atoms with Gasteiger partial charge < -0.3 is 9.84 Å². The van der Waals surface area contributed by atoms with Crippen LogP contribution in [0.2, 0.25) is 0 Å². The van der Waals surface area contributed by atoms with Crippen LogP contribution < -0.4 is 4.74 Å². The molecule has 0 aliphatic rings. The zero-order valence-electron chi connectivity index (χ0n) is 8.25. The molecule has 0 bridgehead atoms. The molecule has 1 aromatic rings. The van der Waals surface area contributed by atoms with Crippen LogP contribution in [-0.2, 0) is 0 Å². The molecule has 0 fully saturated rings. The summed E-state index contributed by atoms with van der Waals surface area (Å²) in [5.41, 5.74) is -0.337. The Morgan fingerprint density at radius 2 is 2.31 bits per heavy atom. The molecule has 6 nitrogen and oxygen atoms in total. The Morgan fingerprint density at radius 1 is 1.62 bits per heavy atom. The zero-order chi connectivity index (χ0) is 12.1. The Kier molecular flexibility index (Phi) is 3.60. The number of carboxylic acids is 1. The molecular formula is C10H9NO5. The minimum Gasteiger partial charge on any atom is -0.483 e. The average Bonchev–Trinajstić information content (AvgIpc) is 2.25. The van der Waals surface area contributed by atoms with Crippen molar-refractivity contribution in [3.8, 4) is 5.75 Å². The van der Waals surface area contributed by atoms with Gasteiger partial charge in [0, 0.05) is 12.1 Å². The molecule has 6 heteroatoms. The highest BCUT2D eigenvalue weighted by Gasteiger charge is 2.17. The smallest absolute Gasteiger partial charge is 0.335 e. The number of carboxylic acid groups (broad SMARTS) is 1. The first-order valence-corrected chi connectivity index (χ1v) is 4.31. The van der Waals surface area contributed by atoms with Crippen molar-refractivity contribution in [3.05, 3.63) is 46.5 Å². The summed E-state index contributed by atoms with van der Waals surface area (Å²) in [4.78, 5) is 20.6. The van der Waals surface area contributed by atoms with Gasteiger partial charge in [-0.25, -0.2) is 4.79 Å². The van der Waals surface area contributed by atoms with Crippen LogP contribution >= 0.6 is 0 Å². The van der Waals surface area contributed by atoms with Crippen molar-refractivity contribution in [2.24, 2.45) is 0 Å². The zero-order valence-corrected chi connectivity index (χ0v) is 8.25. The highest BCUT2D eigenvalue weighted by Crippen LogP contribution is 2.27. The Morgan fingerprint density at radius 3 is 2.81 bits per heavy atom. The third kappa shape index (κ3) is 2.57. The number of nitro benzene ring substituents is 1. The van der Waals surface area contributed by atoms with Crippen LogP contribution in [0.5, 0.6) is 5.75 Å². The third-order valence-corrected chi connectivity index (χ3v) is 1.76. The molecule has 0 aromatic heterocycles. The first-order chi connectivity index (χ1) is 7.56. The van der Waals surface area contributed by atoms with Crippen LogP contribution in [0.15, 0.2) is 30.9 Å². The summed E-state index contributed by atoms with van der Waals surface area (Å²) in [5, 5.41) is 19.3. The summed E-state index contributed by atoms with van der Waals surface area (Å²) in [6.45, 7) is 3.47. The molecule has 0 atom stereocenters. The topological polar surface area (TPSA) is 89.7 Å². The number of benzene rings is 1. The van der Waals surface area contributed by atoms with E-state index in [1.165, 1.54) is 6.08 Å². The monoisotopic (exact) mass is 223 g/mol. The summed E-state index contributed by atoms with van der Waals surface area (Å²) in [6, 6.07) is 3.37. The van der Waals surface area contributed by atoms with E-state index in [9.17, 15) is 14.9 Å².